The molecule has 0 bridgehead atoms. The molecule has 0 fully saturated rings. The predicted molar refractivity (Wildman–Crippen MR) is 160 cm³/mol. The van der Waals surface area contributed by atoms with Gasteiger partial charge in [-0.3, -0.25) is 9.36 Å². The molecule has 0 amide bonds. The summed E-state index contributed by atoms with van der Waals surface area (Å²) in [4.78, 5) is 33.4. The van der Waals surface area contributed by atoms with E-state index in [2.05, 4.69) is 27.5 Å². The zero-order chi connectivity index (χ0) is 28.3. The molecule has 204 valence electrons. The number of halogens is 1. The summed E-state index contributed by atoms with van der Waals surface area (Å²) in [5.41, 5.74) is 2.18. The maximum Gasteiger partial charge on any atom is 0.338 e. The molecule has 1 atom stereocenters. The number of thioether (sulfide) groups is 1. The molecule has 1 aliphatic rings. The Kier molecular flexibility index (Phi) is 9.19. The molecule has 0 saturated carbocycles. The number of allylic oxidation sites excluding steroid dienone is 1. The molecule has 3 aromatic rings. The van der Waals surface area contributed by atoms with Crippen LogP contribution in [0.5, 0.6) is 11.5 Å². The van der Waals surface area contributed by atoms with Crippen LogP contribution in [0.3, 0.4) is 0 Å². The van der Waals surface area contributed by atoms with E-state index in [1.54, 1.807) is 62.4 Å². The second-order valence-electron chi connectivity index (χ2n) is 8.94. The highest BCUT2D eigenvalue weighted by Crippen LogP contribution is 2.37. The number of hydrogen-bond donors (Lipinski definition) is 0. The number of nitrogens with zero attached hydrogens (tertiary/aromatic N) is 2. The fraction of sp³-hybridized carbons (Fsp3) is 0.276. The van der Waals surface area contributed by atoms with Crippen molar-refractivity contribution in [3.05, 3.63) is 95.6 Å². The lowest BCUT2D eigenvalue weighted by Crippen LogP contribution is -2.40. The number of ether oxygens (including phenoxy) is 3. The Morgan fingerprint density at radius 3 is 2.62 bits per heavy atom. The van der Waals surface area contributed by atoms with Crippen LogP contribution in [-0.2, 0) is 9.53 Å². The van der Waals surface area contributed by atoms with Crippen LogP contribution in [0.2, 0.25) is 0 Å². The third-order valence-corrected chi connectivity index (χ3v) is 8.23. The predicted octanol–water partition coefficient (Wildman–Crippen LogP) is 5.24. The second kappa shape index (κ2) is 12.4. The van der Waals surface area contributed by atoms with E-state index in [0.29, 0.717) is 43.2 Å². The highest BCUT2D eigenvalue weighted by Gasteiger charge is 2.33. The van der Waals surface area contributed by atoms with Crippen molar-refractivity contribution in [1.82, 2.24) is 4.57 Å². The van der Waals surface area contributed by atoms with Gasteiger partial charge in [-0.1, -0.05) is 36.1 Å². The normalized spacial score (nSPS) is 15.2. The number of rotatable bonds is 9. The molecule has 2 aromatic carbocycles. The molecule has 2 heterocycles. The van der Waals surface area contributed by atoms with Gasteiger partial charge in [-0.2, -0.15) is 0 Å². The molecule has 0 spiro atoms. The largest absolute Gasteiger partial charge is 0.493 e. The molecule has 0 aliphatic carbocycles. The van der Waals surface area contributed by atoms with Crippen LogP contribution in [0, 0.1) is 0 Å². The van der Waals surface area contributed by atoms with Crippen LogP contribution in [0.1, 0.15) is 37.9 Å². The third kappa shape index (κ3) is 6.08. The number of hydrogen-bond acceptors (Lipinski definition) is 8. The number of benzene rings is 2. The number of carbonyl (C=O) groups is 1. The zero-order valence-electron chi connectivity index (χ0n) is 22.3. The van der Waals surface area contributed by atoms with Crippen molar-refractivity contribution in [1.29, 1.82) is 0 Å². The highest BCUT2D eigenvalue weighted by molar-refractivity contribution is 9.10. The minimum atomic E-state index is -0.665. The Labute approximate surface area is 243 Å². The van der Waals surface area contributed by atoms with Crippen molar-refractivity contribution in [3.8, 4) is 11.5 Å². The minimum absolute atomic E-state index is 0.248. The summed E-state index contributed by atoms with van der Waals surface area (Å²) >= 11 is 6.43. The number of methoxy groups -OCH3 is 1. The summed E-state index contributed by atoms with van der Waals surface area (Å²) in [6.07, 6.45) is 5.12. The first-order valence-electron chi connectivity index (χ1n) is 12.2. The minimum Gasteiger partial charge on any atom is -0.493 e. The van der Waals surface area contributed by atoms with E-state index in [1.165, 1.54) is 11.3 Å². The molecule has 0 radical (unpaired) electrons. The first-order chi connectivity index (χ1) is 18.7. The van der Waals surface area contributed by atoms with E-state index in [9.17, 15) is 9.59 Å². The number of carbonyl (C=O) groups excluding carboxylic acids is 1. The lowest BCUT2D eigenvalue weighted by atomic mass is 9.96. The second-order valence-corrected chi connectivity index (χ2v) is 11.7. The molecule has 1 aliphatic heterocycles. The van der Waals surface area contributed by atoms with Gasteiger partial charge >= 0.3 is 5.97 Å². The molecule has 10 heteroatoms. The van der Waals surface area contributed by atoms with Crippen molar-refractivity contribution < 1.29 is 19.0 Å². The lowest BCUT2D eigenvalue weighted by Gasteiger charge is -2.25. The Hall–Kier alpha value is -3.08. The molecule has 0 unspecified atom stereocenters. The van der Waals surface area contributed by atoms with E-state index in [-0.39, 0.29) is 11.7 Å². The summed E-state index contributed by atoms with van der Waals surface area (Å²) in [6.45, 7) is 9.38. The van der Waals surface area contributed by atoms with Crippen molar-refractivity contribution >= 4 is 51.1 Å². The smallest absolute Gasteiger partial charge is 0.338 e. The van der Waals surface area contributed by atoms with Gasteiger partial charge in [0.25, 0.3) is 5.56 Å². The molecular weight excluding hydrogens is 600 g/mol. The van der Waals surface area contributed by atoms with Gasteiger partial charge in [0.1, 0.15) is 6.61 Å². The quantitative estimate of drug-likeness (QED) is 0.183. The number of fused-ring (bicyclic) bond motifs is 1. The molecule has 0 saturated heterocycles. The van der Waals surface area contributed by atoms with Crippen LogP contribution in [0.15, 0.2) is 79.5 Å². The Balaban J connectivity index is 1.89. The van der Waals surface area contributed by atoms with Gasteiger partial charge < -0.3 is 14.2 Å². The average Bonchev–Trinajstić information content (AvgIpc) is 3.20. The summed E-state index contributed by atoms with van der Waals surface area (Å²) in [5.74, 6) is 0.587. The van der Waals surface area contributed by atoms with E-state index in [0.717, 1.165) is 16.0 Å². The van der Waals surface area contributed by atoms with Gasteiger partial charge in [-0.15, -0.1) is 11.8 Å². The van der Waals surface area contributed by atoms with Crippen molar-refractivity contribution in [2.45, 2.75) is 37.8 Å². The van der Waals surface area contributed by atoms with Crippen molar-refractivity contribution in [3.63, 3.8) is 0 Å². The van der Waals surface area contributed by atoms with Gasteiger partial charge in [-0.05, 0) is 84.4 Å². The highest BCUT2D eigenvalue weighted by atomic mass is 79.9. The number of aromatic nitrogens is 1. The SMILES string of the molecule is C=CCOc1c(Br)cc(/C=c2\sc3n(c2=O)[C@@H](c2ccc(SC)cc2)C(C(=O)OC(C)C)=C(C)N=3)cc1OC. The summed E-state index contributed by atoms with van der Waals surface area (Å²) in [6, 6.07) is 10.8. The molecule has 4 rings (SSSR count). The first kappa shape index (κ1) is 28.9. The summed E-state index contributed by atoms with van der Waals surface area (Å²) < 4.78 is 19.6. The van der Waals surface area contributed by atoms with Gasteiger partial charge in [0.2, 0.25) is 0 Å². The monoisotopic (exact) mass is 628 g/mol. The van der Waals surface area contributed by atoms with Gasteiger partial charge in [0.05, 0.1) is 39.5 Å². The van der Waals surface area contributed by atoms with Crippen LogP contribution < -0.4 is 24.4 Å². The molecular formula is C29H29BrN2O5S2. The van der Waals surface area contributed by atoms with Crippen LogP contribution in [0.4, 0.5) is 0 Å². The van der Waals surface area contributed by atoms with Crippen LogP contribution in [0.25, 0.3) is 6.08 Å². The molecule has 7 nitrogen and oxygen atoms in total. The molecule has 0 N–H and O–H groups in total. The zero-order valence-corrected chi connectivity index (χ0v) is 25.5. The number of thiazole rings is 1. The Morgan fingerprint density at radius 1 is 1.28 bits per heavy atom. The van der Waals surface area contributed by atoms with E-state index in [4.69, 9.17) is 14.2 Å². The van der Waals surface area contributed by atoms with E-state index >= 15 is 0 Å². The van der Waals surface area contributed by atoms with Crippen molar-refractivity contribution in [2.75, 3.05) is 20.0 Å². The van der Waals surface area contributed by atoms with E-state index < -0.39 is 12.0 Å². The van der Waals surface area contributed by atoms with Crippen LogP contribution >= 0.6 is 39.0 Å². The first-order valence-corrected chi connectivity index (χ1v) is 15.0. The average molecular weight is 630 g/mol. The molecule has 1 aromatic heterocycles. The fourth-order valence-corrected chi connectivity index (χ4v) is 6.25. The standard InChI is InChI=1S/C29H29BrN2O5S2/c1-7-12-36-26-21(30)13-18(14-22(26)35-5)15-23-27(33)32-25(19-8-10-20(38-6)11-9-19)24(28(34)37-16(2)3)17(4)31-29(32)39-23/h7-11,13-16,25H,1,12H2,2-6H3/b23-15-/t25-/m0/s1. The van der Waals surface area contributed by atoms with Crippen LogP contribution in [-0.4, -0.2) is 36.6 Å². The summed E-state index contributed by atoms with van der Waals surface area (Å²) in [5, 5.41) is 0. The fourth-order valence-electron chi connectivity index (χ4n) is 4.22. The maximum atomic E-state index is 13.9. The van der Waals surface area contributed by atoms with E-state index in [1.807, 2.05) is 36.6 Å². The van der Waals surface area contributed by atoms with Gasteiger partial charge in [-0.25, -0.2) is 9.79 Å². The number of esters is 1. The van der Waals surface area contributed by atoms with Crippen molar-refractivity contribution in [2.24, 2.45) is 4.99 Å². The Morgan fingerprint density at radius 2 is 2.00 bits per heavy atom. The Bertz CT molecular complexity index is 1620. The van der Waals surface area contributed by atoms with Gasteiger partial charge in [0, 0.05) is 4.90 Å². The third-order valence-electron chi connectivity index (χ3n) is 5.91. The maximum absolute atomic E-state index is 13.9. The topological polar surface area (TPSA) is 79.1 Å². The molecule has 39 heavy (non-hydrogen) atoms. The van der Waals surface area contributed by atoms with Gasteiger partial charge in [0.15, 0.2) is 16.3 Å². The summed E-state index contributed by atoms with van der Waals surface area (Å²) in [7, 11) is 1.56. The lowest BCUT2D eigenvalue weighted by molar-refractivity contribution is -0.143.